The number of aryl methyl sites for hydroxylation is 2. The number of rotatable bonds is 5. The van der Waals surface area contributed by atoms with Gasteiger partial charge < -0.3 is 10.1 Å². The summed E-state index contributed by atoms with van der Waals surface area (Å²) in [5, 5.41) is 3.95. The van der Waals surface area contributed by atoms with Crippen molar-refractivity contribution in [2.45, 2.75) is 24.4 Å². The molecule has 1 amide bonds. The van der Waals surface area contributed by atoms with E-state index >= 15 is 0 Å². The number of nitrogens with one attached hydrogen (secondary N) is 1. The van der Waals surface area contributed by atoms with E-state index in [1.807, 2.05) is 0 Å². The molecule has 0 saturated heterocycles. The van der Waals surface area contributed by atoms with Gasteiger partial charge in [-0.15, -0.1) is 11.3 Å². The predicted octanol–water partition coefficient (Wildman–Crippen LogP) is 3.00. The summed E-state index contributed by atoms with van der Waals surface area (Å²) < 4.78 is 6.25. The third kappa shape index (κ3) is 3.67. The second-order valence-electron chi connectivity index (χ2n) is 6.67. The molecule has 0 saturated carbocycles. The second-order valence-corrected chi connectivity index (χ2v) is 8.70. The van der Waals surface area contributed by atoms with Crippen LogP contribution in [0.25, 0.3) is 10.2 Å². The number of carbonyl (C=O) groups excluding carboxylic acids is 2. The van der Waals surface area contributed by atoms with Crippen molar-refractivity contribution in [3.05, 3.63) is 50.6 Å². The predicted molar refractivity (Wildman–Crippen MR) is 114 cm³/mol. The first kappa shape index (κ1) is 19.7. The average Bonchev–Trinajstić information content (AvgIpc) is 3.30. The van der Waals surface area contributed by atoms with Crippen LogP contribution in [0.3, 0.4) is 0 Å². The standard InChI is InChI=1S/C20H19N3O4S2/c1-23-18(25)16-12-7-5-9-14(12)29-17(16)22-20(23)28-10-15(24)21-13-8-4-3-6-11(13)19(26)27-2/h3-4,6,8H,5,7,9-10H2,1-2H3,(H,21,24). The number of anilines is 1. The van der Waals surface area contributed by atoms with Crippen LogP contribution in [0.1, 0.15) is 27.2 Å². The van der Waals surface area contributed by atoms with Crippen molar-refractivity contribution in [2.75, 3.05) is 18.2 Å². The van der Waals surface area contributed by atoms with Crippen LogP contribution in [0.4, 0.5) is 5.69 Å². The molecule has 1 aliphatic carbocycles. The summed E-state index contributed by atoms with van der Waals surface area (Å²) in [5.41, 5.74) is 1.76. The Bertz CT molecular complexity index is 1180. The number of para-hydroxylation sites is 1. The highest BCUT2D eigenvalue weighted by Crippen LogP contribution is 2.35. The largest absolute Gasteiger partial charge is 0.465 e. The van der Waals surface area contributed by atoms with E-state index in [4.69, 9.17) is 4.74 Å². The number of fused-ring (bicyclic) bond motifs is 3. The van der Waals surface area contributed by atoms with Crippen molar-refractivity contribution in [2.24, 2.45) is 7.05 Å². The Hall–Kier alpha value is -2.65. The number of ether oxygens (including phenoxy) is 1. The Morgan fingerprint density at radius 3 is 2.90 bits per heavy atom. The van der Waals surface area contributed by atoms with Crippen molar-refractivity contribution >= 4 is 50.9 Å². The molecule has 7 nitrogen and oxygen atoms in total. The molecular weight excluding hydrogens is 410 g/mol. The molecule has 0 fully saturated rings. The number of esters is 1. The van der Waals surface area contributed by atoms with Crippen LogP contribution < -0.4 is 10.9 Å². The first-order chi connectivity index (χ1) is 14.0. The van der Waals surface area contributed by atoms with Crippen LogP contribution in [-0.2, 0) is 29.4 Å². The molecular formula is C20H19N3O4S2. The molecule has 1 aliphatic rings. The number of aromatic nitrogens is 2. The van der Waals surface area contributed by atoms with E-state index in [-0.39, 0.29) is 22.8 Å². The maximum absolute atomic E-state index is 12.8. The van der Waals surface area contributed by atoms with Crippen LogP contribution in [-0.4, -0.2) is 34.3 Å². The normalized spacial score (nSPS) is 12.8. The van der Waals surface area contributed by atoms with E-state index in [9.17, 15) is 14.4 Å². The number of methoxy groups -OCH3 is 1. The second kappa shape index (κ2) is 8.00. The monoisotopic (exact) mass is 429 g/mol. The van der Waals surface area contributed by atoms with E-state index in [2.05, 4.69) is 10.3 Å². The lowest BCUT2D eigenvalue weighted by molar-refractivity contribution is -0.113. The molecule has 4 rings (SSSR count). The van der Waals surface area contributed by atoms with Crippen LogP contribution in [0.5, 0.6) is 0 Å². The molecule has 2 heterocycles. The Morgan fingerprint density at radius 2 is 2.10 bits per heavy atom. The Kier molecular flexibility index (Phi) is 5.42. The fourth-order valence-electron chi connectivity index (χ4n) is 3.43. The number of hydrogen-bond donors (Lipinski definition) is 1. The van der Waals surface area contributed by atoms with E-state index in [1.165, 1.54) is 28.3 Å². The van der Waals surface area contributed by atoms with Crippen molar-refractivity contribution in [3.8, 4) is 0 Å². The van der Waals surface area contributed by atoms with Gasteiger partial charge in [0.2, 0.25) is 5.91 Å². The molecule has 0 bridgehead atoms. The molecule has 1 N–H and O–H groups in total. The summed E-state index contributed by atoms with van der Waals surface area (Å²) in [7, 11) is 2.97. The minimum atomic E-state index is -0.520. The summed E-state index contributed by atoms with van der Waals surface area (Å²) >= 11 is 2.77. The fourth-order valence-corrected chi connectivity index (χ4v) is 5.51. The highest BCUT2D eigenvalue weighted by Gasteiger charge is 2.23. The molecule has 0 aliphatic heterocycles. The SMILES string of the molecule is COC(=O)c1ccccc1NC(=O)CSc1nc2sc3c(c2c(=O)n1C)CCC3. The molecule has 0 unspecified atom stereocenters. The molecule has 9 heteroatoms. The number of thiophene rings is 1. The Balaban J connectivity index is 1.52. The van der Waals surface area contributed by atoms with E-state index in [1.54, 1.807) is 42.6 Å². The van der Waals surface area contributed by atoms with Gasteiger partial charge >= 0.3 is 5.97 Å². The molecule has 3 aromatic rings. The van der Waals surface area contributed by atoms with Crippen LogP contribution in [0, 0.1) is 0 Å². The number of nitrogens with zero attached hydrogens (tertiary/aromatic N) is 2. The molecule has 0 radical (unpaired) electrons. The number of amides is 1. The number of hydrogen-bond acceptors (Lipinski definition) is 7. The average molecular weight is 430 g/mol. The molecule has 29 heavy (non-hydrogen) atoms. The van der Waals surface area contributed by atoms with E-state index < -0.39 is 5.97 Å². The van der Waals surface area contributed by atoms with Gasteiger partial charge in [0.15, 0.2) is 5.16 Å². The van der Waals surface area contributed by atoms with Gasteiger partial charge in [0.1, 0.15) is 4.83 Å². The number of benzene rings is 1. The highest BCUT2D eigenvalue weighted by atomic mass is 32.2. The van der Waals surface area contributed by atoms with Crippen molar-refractivity contribution < 1.29 is 14.3 Å². The highest BCUT2D eigenvalue weighted by molar-refractivity contribution is 7.99. The lowest BCUT2D eigenvalue weighted by Gasteiger charge is -2.10. The molecule has 0 spiro atoms. The maximum atomic E-state index is 12.8. The minimum absolute atomic E-state index is 0.0617. The van der Waals surface area contributed by atoms with Gasteiger partial charge in [-0.2, -0.15) is 0 Å². The zero-order valence-corrected chi connectivity index (χ0v) is 17.6. The van der Waals surface area contributed by atoms with Gasteiger partial charge in [0.25, 0.3) is 5.56 Å². The van der Waals surface area contributed by atoms with Crippen molar-refractivity contribution in [1.29, 1.82) is 0 Å². The summed E-state index contributed by atoms with van der Waals surface area (Å²) in [4.78, 5) is 43.7. The lowest BCUT2D eigenvalue weighted by atomic mass is 10.2. The zero-order valence-electron chi connectivity index (χ0n) is 16.0. The lowest BCUT2D eigenvalue weighted by Crippen LogP contribution is -2.22. The molecule has 0 atom stereocenters. The fraction of sp³-hybridized carbons (Fsp3) is 0.300. The maximum Gasteiger partial charge on any atom is 0.339 e. The van der Waals surface area contributed by atoms with Gasteiger partial charge in [-0.1, -0.05) is 23.9 Å². The van der Waals surface area contributed by atoms with Gasteiger partial charge in [-0.25, -0.2) is 9.78 Å². The quantitative estimate of drug-likeness (QED) is 0.381. The Morgan fingerprint density at radius 1 is 1.31 bits per heavy atom. The van der Waals surface area contributed by atoms with Crippen LogP contribution in [0.2, 0.25) is 0 Å². The summed E-state index contributed by atoms with van der Waals surface area (Å²) in [6.45, 7) is 0. The number of carbonyl (C=O) groups is 2. The Labute approximate surface area is 175 Å². The topological polar surface area (TPSA) is 90.3 Å². The van der Waals surface area contributed by atoms with Crippen molar-refractivity contribution in [3.63, 3.8) is 0 Å². The third-order valence-corrected chi connectivity index (χ3v) is 7.06. The van der Waals surface area contributed by atoms with Crippen LogP contribution >= 0.6 is 23.1 Å². The molecule has 1 aromatic carbocycles. The van der Waals surface area contributed by atoms with Crippen molar-refractivity contribution in [1.82, 2.24) is 9.55 Å². The summed E-state index contributed by atoms with van der Waals surface area (Å²) in [5.74, 6) is -0.755. The third-order valence-electron chi connectivity index (χ3n) is 4.84. The van der Waals surface area contributed by atoms with E-state index in [0.29, 0.717) is 10.8 Å². The van der Waals surface area contributed by atoms with Gasteiger partial charge in [-0.05, 0) is 37.0 Å². The molecule has 2 aromatic heterocycles. The smallest absolute Gasteiger partial charge is 0.339 e. The van der Waals surface area contributed by atoms with Crippen LogP contribution in [0.15, 0.2) is 34.2 Å². The number of thioether (sulfide) groups is 1. The van der Waals surface area contributed by atoms with Gasteiger partial charge in [0.05, 0.1) is 29.5 Å². The summed E-state index contributed by atoms with van der Waals surface area (Å²) in [6, 6.07) is 6.65. The van der Waals surface area contributed by atoms with Gasteiger partial charge in [0, 0.05) is 11.9 Å². The zero-order chi connectivity index (χ0) is 20.5. The summed E-state index contributed by atoms with van der Waals surface area (Å²) in [6.07, 6.45) is 3.02. The minimum Gasteiger partial charge on any atom is -0.465 e. The first-order valence-electron chi connectivity index (χ1n) is 9.11. The van der Waals surface area contributed by atoms with E-state index in [0.717, 1.165) is 35.0 Å². The molecule has 150 valence electrons. The van der Waals surface area contributed by atoms with Gasteiger partial charge in [-0.3, -0.25) is 14.2 Å². The first-order valence-corrected chi connectivity index (χ1v) is 10.9.